The monoisotopic (exact) mass is 325 g/mol. The van der Waals surface area contributed by atoms with E-state index in [-0.39, 0.29) is 11.7 Å². The molecule has 1 fully saturated rings. The molecule has 1 aromatic rings. The quantitative estimate of drug-likeness (QED) is 0.844. The molecule has 7 heteroatoms. The summed E-state index contributed by atoms with van der Waals surface area (Å²) in [5, 5.41) is 5.02. The highest BCUT2D eigenvalue weighted by atomic mass is 32.2. The molecule has 1 aliphatic rings. The smallest absolute Gasteiger partial charge is 0.254 e. The van der Waals surface area contributed by atoms with Crippen LogP contribution in [0.1, 0.15) is 22.8 Å². The summed E-state index contributed by atoms with van der Waals surface area (Å²) in [5.74, 6) is 0.0168. The zero-order valence-electron chi connectivity index (χ0n) is 12.9. The van der Waals surface area contributed by atoms with Crippen molar-refractivity contribution in [1.29, 1.82) is 0 Å². The summed E-state index contributed by atoms with van der Waals surface area (Å²) in [4.78, 5) is 16.5. The maximum absolute atomic E-state index is 12.6. The average Bonchev–Trinajstić information content (AvgIpc) is 2.52. The fourth-order valence-electron chi connectivity index (χ4n) is 2.64. The minimum atomic E-state index is -3.43. The van der Waals surface area contributed by atoms with Gasteiger partial charge >= 0.3 is 0 Å². The molecule has 0 bridgehead atoms. The van der Waals surface area contributed by atoms with E-state index in [1.54, 1.807) is 0 Å². The molecule has 2 N–H and O–H groups in total. The third kappa shape index (κ3) is 4.53. The van der Waals surface area contributed by atoms with E-state index >= 15 is 0 Å². The van der Waals surface area contributed by atoms with Crippen molar-refractivity contribution in [2.75, 3.05) is 38.5 Å². The van der Waals surface area contributed by atoms with Crippen molar-refractivity contribution in [2.24, 2.45) is 5.14 Å². The number of rotatable bonds is 5. The van der Waals surface area contributed by atoms with Crippen molar-refractivity contribution in [3.8, 4) is 0 Å². The Morgan fingerprint density at radius 1 is 1.18 bits per heavy atom. The van der Waals surface area contributed by atoms with Gasteiger partial charge in [0.15, 0.2) is 0 Å². The lowest BCUT2D eigenvalue weighted by molar-refractivity contribution is 0.0643. The van der Waals surface area contributed by atoms with Crippen LogP contribution in [-0.4, -0.2) is 62.6 Å². The largest absolute Gasteiger partial charge is 0.336 e. The molecule has 0 spiro atoms. The Hall–Kier alpha value is -1.44. The van der Waals surface area contributed by atoms with Gasteiger partial charge in [0, 0.05) is 38.3 Å². The Balaban J connectivity index is 1.92. The van der Waals surface area contributed by atoms with Gasteiger partial charge in [0.05, 0.1) is 5.75 Å². The van der Waals surface area contributed by atoms with Gasteiger partial charge in [-0.05, 0) is 18.1 Å². The number of carbonyl (C=O) groups is 1. The van der Waals surface area contributed by atoms with Gasteiger partial charge in [-0.15, -0.1) is 0 Å². The number of nitrogens with two attached hydrogens (primary N) is 1. The van der Waals surface area contributed by atoms with Gasteiger partial charge < -0.3 is 4.90 Å². The molecule has 1 aromatic carbocycles. The van der Waals surface area contributed by atoms with E-state index < -0.39 is 10.0 Å². The van der Waals surface area contributed by atoms with E-state index in [0.717, 1.165) is 17.5 Å². The third-order valence-corrected chi connectivity index (χ3v) is 4.73. The first-order chi connectivity index (χ1) is 10.4. The number of carbonyl (C=O) groups excluding carboxylic acids is 1. The van der Waals surface area contributed by atoms with E-state index in [1.807, 2.05) is 41.0 Å². The van der Waals surface area contributed by atoms with Crippen molar-refractivity contribution in [3.05, 3.63) is 35.4 Å². The number of sulfonamides is 1. The van der Waals surface area contributed by atoms with Crippen molar-refractivity contribution >= 4 is 15.9 Å². The van der Waals surface area contributed by atoms with E-state index in [2.05, 4.69) is 0 Å². The molecule has 6 nitrogen and oxygen atoms in total. The normalized spacial score (nSPS) is 16.7. The number of primary sulfonamides is 1. The molecular weight excluding hydrogens is 302 g/mol. The highest BCUT2D eigenvalue weighted by molar-refractivity contribution is 7.89. The zero-order valence-corrected chi connectivity index (χ0v) is 13.7. The molecule has 0 aromatic heterocycles. The Bertz CT molecular complexity index is 623. The first-order valence-electron chi connectivity index (χ1n) is 7.50. The molecule has 22 heavy (non-hydrogen) atoms. The molecule has 1 saturated heterocycles. The number of aryl methyl sites for hydroxylation is 1. The van der Waals surface area contributed by atoms with Crippen molar-refractivity contribution in [1.82, 2.24) is 9.80 Å². The Kier molecular flexibility index (Phi) is 5.55. The number of amides is 1. The molecule has 0 unspecified atom stereocenters. The van der Waals surface area contributed by atoms with Crippen LogP contribution in [0.25, 0.3) is 0 Å². The maximum atomic E-state index is 12.6. The standard InChI is InChI=1S/C15H23N3O3S/c1-2-13-5-3-4-6-14(13)15(19)18-9-7-17(8-10-18)11-12-22(16,20)21/h3-6H,2,7-12H2,1H3,(H2,16,20,21). The van der Waals surface area contributed by atoms with Gasteiger partial charge in [-0.1, -0.05) is 25.1 Å². The van der Waals surface area contributed by atoms with Crippen LogP contribution in [0.5, 0.6) is 0 Å². The van der Waals surface area contributed by atoms with Gasteiger partial charge in [-0.3, -0.25) is 9.69 Å². The maximum Gasteiger partial charge on any atom is 0.254 e. The predicted octanol–water partition coefficient (Wildman–Crippen LogP) is 0.295. The summed E-state index contributed by atoms with van der Waals surface area (Å²) in [5.41, 5.74) is 1.83. The Labute approximate surface area is 131 Å². The molecule has 0 saturated carbocycles. The molecule has 2 rings (SSSR count). The number of benzene rings is 1. The van der Waals surface area contributed by atoms with Crippen molar-refractivity contribution < 1.29 is 13.2 Å². The summed E-state index contributed by atoms with van der Waals surface area (Å²) < 4.78 is 22.0. The minimum absolute atomic E-state index is 0.0420. The summed E-state index contributed by atoms with van der Waals surface area (Å²) >= 11 is 0. The lowest BCUT2D eigenvalue weighted by Crippen LogP contribution is -2.50. The van der Waals surface area contributed by atoms with Crippen LogP contribution in [0.2, 0.25) is 0 Å². The fraction of sp³-hybridized carbons (Fsp3) is 0.533. The number of hydrogen-bond donors (Lipinski definition) is 1. The Morgan fingerprint density at radius 2 is 1.82 bits per heavy atom. The second-order valence-electron chi connectivity index (χ2n) is 5.51. The topological polar surface area (TPSA) is 83.7 Å². The van der Waals surface area contributed by atoms with Gasteiger partial charge in [-0.25, -0.2) is 13.6 Å². The highest BCUT2D eigenvalue weighted by Crippen LogP contribution is 2.14. The summed E-state index contributed by atoms with van der Waals surface area (Å²) in [6.45, 7) is 5.04. The minimum Gasteiger partial charge on any atom is -0.336 e. The summed E-state index contributed by atoms with van der Waals surface area (Å²) in [6, 6.07) is 7.68. The molecular formula is C15H23N3O3S. The summed E-state index contributed by atoms with van der Waals surface area (Å²) in [7, 11) is -3.43. The number of piperazine rings is 1. The predicted molar refractivity (Wildman–Crippen MR) is 86.1 cm³/mol. The van der Waals surface area contributed by atoms with Crippen molar-refractivity contribution in [2.45, 2.75) is 13.3 Å². The van der Waals surface area contributed by atoms with E-state index in [0.29, 0.717) is 32.7 Å². The molecule has 0 radical (unpaired) electrons. The van der Waals surface area contributed by atoms with Crippen LogP contribution in [0.15, 0.2) is 24.3 Å². The second-order valence-corrected chi connectivity index (χ2v) is 7.25. The van der Waals surface area contributed by atoms with Gasteiger partial charge in [0.1, 0.15) is 0 Å². The van der Waals surface area contributed by atoms with Crippen LogP contribution >= 0.6 is 0 Å². The first kappa shape index (κ1) is 16.9. The Morgan fingerprint density at radius 3 is 2.41 bits per heavy atom. The highest BCUT2D eigenvalue weighted by Gasteiger charge is 2.23. The third-order valence-electron chi connectivity index (χ3n) is 3.98. The molecule has 1 amide bonds. The van der Waals surface area contributed by atoms with Crippen LogP contribution in [0.3, 0.4) is 0 Å². The molecule has 122 valence electrons. The van der Waals surface area contributed by atoms with Crippen LogP contribution < -0.4 is 5.14 Å². The SMILES string of the molecule is CCc1ccccc1C(=O)N1CCN(CCS(N)(=O)=O)CC1. The average molecular weight is 325 g/mol. The van der Waals surface area contributed by atoms with E-state index in [9.17, 15) is 13.2 Å². The zero-order chi connectivity index (χ0) is 16.2. The number of nitrogens with zero attached hydrogens (tertiary/aromatic N) is 2. The van der Waals surface area contributed by atoms with Crippen LogP contribution in [0.4, 0.5) is 0 Å². The summed E-state index contributed by atoms with van der Waals surface area (Å²) in [6.07, 6.45) is 0.830. The van der Waals surface area contributed by atoms with Gasteiger partial charge in [0.25, 0.3) is 5.91 Å². The van der Waals surface area contributed by atoms with Crippen LogP contribution in [-0.2, 0) is 16.4 Å². The molecule has 1 heterocycles. The lowest BCUT2D eigenvalue weighted by atomic mass is 10.0. The first-order valence-corrected chi connectivity index (χ1v) is 9.22. The molecule has 1 aliphatic heterocycles. The van der Waals surface area contributed by atoms with Gasteiger partial charge in [0.2, 0.25) is 10.0 Å². The second kappa shape index (κ2) is 7.21. The molecule has 0 aliphatic carbocycles. The fourth-order valence-corrected chi connectivity index (χ4v) is 3.15. The molecule has 0 atom stereocenters. The van der Waals surface area contributed by atoms with Gasteiger partial charge in [-0.2, -0.15) is 0 Å². The van der Waals surface area contributed by atoms with E-state index in [1.165, 1.54) is 0 Å². The number of hydrogen-bond acceptors (Lipinski definition) is 4. The van der Waals surface area contributed by atoms with Crippen molar-refractivity contribution in [3.63, 3.8) is 0 Å². The van der Waals surface area contributed by atoms with E-state index in [4.69, 9.17) is 5.14 Å². The lowest BCUT2D eigenvalue weighted by Gasteiger charge is -2.34. The van der Waals surface area contributed by atoms with Crippen LogP contribution in [0, 0.1) is 0 Å².